The second-order valence-electron chi connectivity index (χ2n) is 7.05. The standard InChI is InChI=1S/C25H20N2/c1-17-16-23(19-10-6-3-7-11-19)22-13-12-21-20(18-8-4-2-5-9-18)14-15-26-24(21)25(22)27-17/h2-6,8-10,12-16H,7,11H2,1H3. The summed E-state index contributed by atoms with van der Waals surface area (Å²) >= 11 is 0. The molecule has 0 N–H and O–H groups in total. The van der Waals surface area contributed by atoms with Gasteiger partial charge in [-0.1, -0.05) is 60.7 Å². The van der Waals surface area contributed by atoms with Gasteiger partial charge in [-0.2, -0.15) is 0 Å². The molecule has 2 heteroatoms. The summed E-state index contributed by atoms with van der Waals surface area (Å²) in [5.74, 6) is 0. The van der Waals surface area contributed by atoms with Crippen LogP contribution in [0.4, 0.5) is 0 Å². The van der Waals surface area contributed by atoms with E-state index in [2.05, 4.69) is 73.7 Å². The summed E-state index contributed by atoms with van der Waals surface area (Å²) in [6, 6.07) is 19.2. The van der Waals surface area contributed by atoms with Gasteiger partial charge in [-0.15, -0.1) is 0 Å². The minimum absolute atomic E-state index is 0.978. The van der Waals surface area contributed by atoms with E-state index in [0.717, 1.165) is 35.0 Å². The van der Waals surface area contributed by atoms with E-state index in [4.69, 9.17) is 9.97 Å². The summed E-state index contributed by atoms with van der Waals surface area (Å²) < 4.78 is 0. The van der Waals surface area contributed by atoms with E-state index in [1.165, 1.54) is 27.6 Å². The maximum absolute atomic E-state index is 4.89. The fourth-order valence-electron chi connectivity index (χ4n) is 3.99. The lowest BCUT2D eigenvalue weighted by molar-refractivity contribution is 1.05. The third-order valence-corrected chi connectivity index (χ3v) is 5.26. The first kappa shape index (κ1) is 16.0. The minimum Gasteiger partial charge on any atom is -0.254 e. The molecule has 0 fully saturated rings. The van der Waals surface area contributed by atoms with Crippen LogP contribution in [0, 0.1) is 6.92 Å². The molecule has 2 aromatic carbocycles. The van der Waals surface area contributed by atoms with Crippen molar-refractivity contribution in [2.45, 2.75) is 19.8 Å². The highest BCUT2D eigenvalue weighted by atomic mass is 14.7. The van der Waals surface area contributed by atoms with Gasteiger partial charge in [0.15, 0.2) is 0 Å². The lowest BCUT2D eigenvalue weighted by Gasteiger charge is -2.15. The van der Waals surface area contributed by atoms with Crippen LogP contribution >= 0.6 is 0 Å². The van der Waals surface area contributed by atoms with E-state index in [-0.39, 0.29) is 0 Å². The second-order valence-corrected chi connectivity index (χ2v) is 7.05. The molecule has 0 bridgehead atoms. The van der Waals surface area contributed by atoms with Gasteiger partial charge in [0, 0.05) is 22.7 Å². The molecule has 2 heterocycles. The summed E-state index contributed by atoms with van der Waals surface area (Å²) in [5.41, 5.74) is 8.08. The fourth-order valence-corrected chi connectivity index (χ4v) is 3.99. The van der Waals surface area contributed by atoms with Gasteiger partial charge in [-0.05, 0) is 54.2 Å². The predicted molar refractivity (Wildman–Crippen MR) is 114 cm³/mol. The zero-order chi connectivity index (χ0) is 18.2. The molecule has 2 aromatic heterocycles. The Kier molecular flexibility index (Phi) is 3.83. The van der Waals surface area contributed by atoms with E-state index >= 15 is 0 Å². The SMILES string of the molecule is Cc1cc(C2=CC=CCC2)c2ccc3c(-c4ccccc4)ccnc3c2n1. The zero-order valence-electron chi connectivity index (χ0n) is 15.3. The van der Waals surface area contributed by atoms with Gasteiger partial charge in [0.2, 0.25) is 0 Å². The van der Waals surface area contributed by atoms with Crippen molar-refractivity contribution in [3.63, 3.8) is 0 Å². The molecule has 0 unspecified atom stereocenters. The van der Waals surface area contributed by atoms with Crippen LogP contribution < -0.4 is 0 Å². The van der Waals surface area contributed by atoms with Crippen LogP contribution in [-0.2, 0) is 0 Å². The van der Waals surface area contributed by atoms with Crippen LogP contribution in [0.3, 0.4) is 0 Å². The number of rotatable bonds is 2. The average molecular weight is 348 g/mol. The van der Waals surface area contributed by atoms with Crippen molar-refractivity contribution in [3.05, 3.63) is 90.3 Å². The van der Waals surface area contributed by atoms with Crippen LogP contribution in [0.25, 0.3) is 38.5 Å². The number of hydrogen-bond acceptors (Lipinski definition) is 2. The Morgan fingerprint density at radius 1 is 0.852 bits per heavy atom. The number of aromatic nitrogens is 2. The molecule has 0 saturated carbocycles. The Balaban J connectivity index is 1.83. The van der Waals surface area contributed by atoms with Crippen molar-refractivity contribution in [1.29, 1.82) is 0 Å². The molecule has 130 valence electrons. The molecule has 0 aliphatic heterocycles. The van der Waals surface area contributed by atoms with Gasteiger partial charge in [-0.3, -0.25) is 9.97 Å². The molecule has 1 aliphatic rings. The molecular formula is C25H20N2. The van der Waals surface area contributed by atoms with E-state index in [1.54, 1.807) is 0 Å². The Bertz CT molecular complexity index is 1220. The summed E-state index contributed by atoms with van der Waals surface area (Å²) in [6.45, 7) is 2.07. The molecule has 0 spiro atoms. The van der Waals surface area contributed by atoms with Crippen molar-refractivity contribution in [2.24, 2.45) is 0 Å². The van der Waals surface area contributed by atoms with Crippen molar-refractivity contribution in [3.8, 4) is 11.1 Å². The third kappa shape index (κ3) is 2.74. The highest BCUT2D eigenvalue weighted by molar-refractivity contribution is 6.10. The first-order valence-corrected chi connectivity index (χ1v) is 9.42. The lowest BCUT2D eigenvalue weighted by atomic mass is 9.92. The summed E-state index contributed by atoms with van der Waals surface area (Å²) in [4.78, 5) is 9.61. The van der Waals surface area contributed by atoms with E-state index in [1.807, 2.05) is 12.3 Å². The van der Waals surface area contributed by atoms with Crippen LogP contribution in [0.2, 0.25) is 0 Å². The smallest absolute Gasteiger partial charge is 0.0974 e. The topological polar surface area (TPSA) is 25.8 Å². The largest absolute Gasteiger partial charge is 0.254 e. The Labute approximate surface area is 158 Å². The van der Waals surface area contributed by atoms with E-state index < -0.39 is 0 Å². The third-order valence-electron chi connectivity index (χ3n) is 5.26. The molecule has 0 radical (unpaired) electrons. The minimum atomic E-state index is 0.978. The Morgan fingerprint density at radius 3 is 2.44 bits per heavy atom. The number of nitrogens with zero attached hydrogens (tertiary/aromatic N) is 2. The van der Waals surface area contributed by atoms with Crippen molar-refractivity contribution in [2.75, 3.05) is 0 Å². The molecule has 27 heavy (non-hydrogen) atoms. The van der Waals surface area contributed by atoms with Gasteiger partial charge >= 0.3 is 0 Å². The van der Waals surface area contributed by atoms with Gasteiger partial charge < -0.3 is 0 Å². The van der Waals surface area contributed by atoms with Crippen LogP contribution in [0.15, 0.2) is 79.0 Å². The molecule has 4 aromatic rings. The number of hydrogen-bond donors (Lipinski definition) is 0. The maximum Gasteiger partial charge on any atom is 0.0974 e. The number of allylic oxidation sites excluding steroid dienone is 4. The fraction of sp³-hybridized carbons (Fsp3) is 0.120. The van der Waals surface area contributed by atoms with Crippen molar-refractivity contribution < 1.29 is 0 Å². The van der Waals surface area contributed by atoms with Crippen LogP contribution in [-0.4, -0.2) is 9.97 Å². The number of pyridine rings is 2. The second kappa shape index (κ2) is 6.48. The lowest BCUT2D eigenvalue weighted by Crippen LogP contribution is -1.96. The van der Waals surface area contributed by atoms with Crippen LogP contribution in [0.5, 0.6) is 0 Å². The Hall–Kier alpha value is -3.26. The first-order valence-electron chi connectivity index (χ1n) is 9.42. The predicted octanol–water partition coefficient (Wildman–Crippen LogP) is 6.49. The van der Waals surface area contributed by atoms with E-state index in [9.17, 15) is 0 Å². The van der Waals surface area contributed by atoms with Gasteiger partial charge in [0.05, 0.1) is 11.0 Å². The molecule has 2 nitrogen and oxygen atoms in total. The number of fused-ring (bicyclic) bond motifs is 3. The molecule has 0 saturated heterocycles. The highest BCUT2D eigenvalue weighted by Gasteiger charge is 2.14. The Morgan fingerprint density at radius 2 is 1.67 bits per heavy atom. The summed E-state index contributed by atoms with van der Waals surface area (Å²) in [7, 11) is 0. The first-order chi connectivity index (χ1) is 13.3. The van der Waals surface area contributed by atoms with Crippen LogP contribution in [0.1, 0.15) is 24.1 Å². The van der Waals surface area contributed by atoms with Gasteiger partial charge in [0.25, 0.3) is 0 Å². The molecule has 0 atom stereocenters. The summed E-state index contributed by atoms with van der Waals surface area (Å²) in [6.07, 6.45) is 10.7. The average Bonchev–Trinajstić information content (AvgIpc) is 2.74. The zero-order valence-corrected chi connectivity index (χ0v) is 15.3. The van der Waals surface area contributed by atoms with Crippen molar-refractivity contribution >= 4 is 27.4 Å². The highest BCUT2D eigenvalue weighted by Crippen LogP contribution is 2.35. The maximum atomic E-state index is 4.89. The molecular weight excluding hydrogens is 328 g/mol. The van der Waals surface area contributed by atoms with E-state index in [0.29, 0.717) is 0 Å². The summed E-state index contributed by atoms with van der Waals surface area (Å²) in [5, 5.41) is 2.34. The number of aryl methyl sites for hydroxylation is 1. The molecule has 0 amide bonds. The van der Waals surface area contributed by atoms with Gasteiger partial charge in [-0.25, -0.2) is 0 Å². The van der Waals surface area contributed by atoms with Crippen molar-refractivity contribution in [1.82, 2.24) is 9.97 Å². The molecule has 1 aliphatic carbocycles. The van der Waals surface area contributed by atoms with Gasteiger partial charge in [0.1, 0.15) is 0 Å². The normalized spacial score (nSPS) is 13.9. The number of benzene rings is 2. The quantitative estimate of drug-likeness (QED) is 0.387. The molecule has 5 rings (SSSR count). The monoisotopic (exact) mass is 348 g/mol.